The van der Waals surface area contributed by atoms with E-state index < -0.39 is 0 Å². The molecule has 0 aliphatic heterocycles. The van der Waals surface area contributed by atoms with Gasteiger partial charge < -0.3 is 10.4 Å². The quantitative estimate of drug-likeness (QED) is 0.892. The van der Waals surface area contributed by atoms with Crippen LogP contribution in [-0.2, 0) is 12.8 Å². The van der Waals surface area contributed by atoms with E-state index in [1.54, 1.807) is 0 Å². The summed E-state index contributed by atoms with van der Waals surface area (Å²) in [5, 5.41) is 16.1. The van der Waals surface area contributed by atoms with E-state index >= 15 is 0 Å². The summed E-state index contributed by atoms with van der Waals surface area (Å²) >= 11 is 0. The number of hydrogen-bond acceptors (Lipinski definition) is 3. The fourth-order valence-electron chi connectivity index (χ4n) is 2.87. The maximum absolute atomic E-state index is 12.2. The zero-order chi connectivity index (χ0) is 14.8. The highest BCUT2D eigenvalue weighted by atomic mass is 16.3. The largest absolute Gasteiger partial charge is 0.395 e. The maximum Gasteiger partial charge on any atom is 0.272 e. The number of hydrogen-bond donors (Lipinski definition) is 2. The third kappa shape index (κ3) is 2.45. The number of aliphatic hydroxyl groups excluding tert-OH is 1. The van der Waals surface area contributed by atoms with Crippen LogP contribution in [0.1, 0.15) is 33.7 Å². The van der Waals surface area contributed by atoms with Crippen molar-refractivity contribution in [1.29, 1.82) is 0 Å². The molecule has 1 aliphatic rings. The second kappa shape index (κ2) is 5.69. The first-order chi connectivity index (χ1) is 10.2. The van der Waals surface area contributed by atoms with Crippen LogP contribution in [0.5, 0.6) is 0 Å². The summed E-state index contributed by atoms with van der Waals surface area (Å²) in [6, 6.07) is 8.05. The van der Waals surface area contributed by atoms with Crippen LogP contribution < -0.4 is 5.32 Å². The van der Waals surface area contributed by atoms with Crippen LogP contribution in [0.4, 0.5) is 0 Å². The lowest BCUT2D eigenvalue weighted by Crippen LogP contribution is -2.27. The minimum atomic E-state index is -0.200. The van der Waals surface area contributed by atoms with Gasteiger partial charge in [0.1, 0.15) is 0 Å². The van der Waals surface area contributed by atoms with Crippen molar-refractivity contribution in [2.75, 3.05) is 13.2 Å². The molecule has 2 aromatic rings. The molecule has 0 radical (unpaired) electrons. The van der Waals surface area contributed by atoms with Crippen molar-refractivity contribution in [2.45, 2.75) is 26.2 Å². The highest BCUT2D eigenvalue weighted by molar-refractivity contribution is 5.94. The van der Waals surface area contributed by atoms with Gasteiger partial charge in [-0.2, -0.15) is 5.10 Å². The Balaban J connectivity index is 2.04. The Labute approximate surface area is 123 Å². The number of carbonyl (C=O) groups is 1. The number of rotatable bonds is 4. The molecule has 0 fully saturated rings. The van der Waals surface area contributed by atoms with E-state index in [9.17, 15) is 4.79 Å². The molecule has 1 aromatic heterocycles. The summed E-state index contributed by atoms with van der Waals surface area (Å²) in [6.07, 6.45) is 2.90. The molecular weight excluding hydrogens is 266 g/mol. The number of benzene rings is 1. The monoisotopic (exact) mass is 285 g/mol. The number of amides is 1. The van der Waals surface area contributed by atoms with E-state index in [1.165, 1.54) is 0 Å². The van der Waals surface area contributed by atoms with Crippen LogP contribution in [0.3, 0.4) is 0 Å². The molecule has 2 N–H and O–H groups in total. The standard InChI is InChI=1S/C16H19N3O2/c1-11-5-2-3-7-13(11)19-14-8-4-6-12(14)15(18-19)16(21)17-9-10-20/h2-3,5,7,20H,4,6,8-10H2,1H3,(H,17,21). The minimum Gasteiger partial charge on any atom is -0.395 e. The van der Waals surface area contributed by atoms with Gasteiger partial charge in [-0.05, 0) is 37.8 Å². The Morgan fingerprint density at radius 1 is 1.38 bits per heavy atom. The smallest absolute Gasteiger partial charge is 0.272 e. The lowest BCUT2D eigenvalue weighted by Gasteiger charge is -2.08. The van der Waals surface area contributed by atoms with Crippen LogP contribution in [0, 0.1) is 6.92 Å². The van der Waals surface area contributed by atoms with Crippen LogP contribution in [0.25, 0.3) is 5.69 Å². The fourth-order valence-corrected chi connectivity index (χ4v) is 2.87. The molecule has 21 heavy (non-hydrogen) atoms. The predicted molar refractivity (Wildman–Crippen MR) is 79.7 cm³/mol. The van der Waals surface area contributed by atoms with Gasteiger partial charge in [-0.15, -0.1) is 0 Å². The van der Waals surface area contributed by atoms with Gasteiger partial charge in [-0.1, -0.05) is 18.2 Å². The minimum absolute atomic E-state index is 0.0631. The molecule has 0 unspecified atom stereocenters. The van der Waals surface area contributed by atoms with Crippen LogP contribution in [-0.4, -0.2) is 33.9 Å². The Morgan fingerprint density at radius 3 is 2.95 bits per heavy atom. The first kappa shape index (κ1) is 13.8. The highest BCUT2D eigenvalue weighted by Crippen LogP contribution is 2.28. The van der Waals surface area contributed by atoms with Gasteiger partial charge in [0.15, 0.2) is 5.69 Å². The Morgan fingerprint density at radius 2 is 2.19 bits per heavy atom. The molecule has 1 aromatic carbocycles. The number of aromatic nitrogens is 2. The van der Waals surface area contributed by atoms with Crippen LogP contribution >= 0.6 is 0 Å². The summed E-state index contributed by atoms with van der Waals surface area (Å²) < 4.78 is 1.91. The average molecular weight is 285 g/mol. The number of carbonyl (C=O) groups excluding carboxylic acids is 1. The lowest BCUT2D eigenvalue weighted by molar-refractivity contribution is 0.0938. The Hall–Kier alpha value is -2.14. The van der Waals surface area contributed by atoms with E-state index in [0.717, 1.165) is 41.8 Å². The first-order valence-electron chi connectivity index (χ1n) is 7.28. The lowest BCUT2D eigenvalue weighted by atomic mass is 10.2. The van der Waals surface area contributed by atoms with Crippen LogP contribution in [0.2, 0.25) is 0 Å². The molecule has 1 aliphatic carbocycles. The van der Waals surface area contributed by atoms with E-state index in [4.69, 9.17) is 5.11 Å². The van der Waals surface area contributed by atoms with E-state index in [-0.39, 0.29) is 19.1 Å². The van der Waals surface area contributed by atoms with Crippen molar-refractivity contribution in [3.8, 4) is 5.69 Å². The molecule has 5 heteroatoms. The van der Waals surface area contributed by atoms with Gasteiger partial charge >= 0.3 is 0 Å². The molecule has 0 saturated heterocycles. The number of fused-ring (bicyclic) bond motifs is 1. The first-order valence-corrected chi connectivity index (χ1v) is 7.28. The average Bonchev–Trinajstić information content (AvgIpc) is 3.07. The van der Waals surface area contributed by atoms with Gasteiger partial charge in [-0.3, -0.25) is 4.79 Å². The van der Waals surface area contributed by atoms with Gasteiger partial charge in [-0.25, -0.2) is 4.68 Å². The van der Waals surface area contributed by atoms with Crippen molar-refractivity contribution in [3.05, 3.63) is 46.8 Å². The summed E-state index contributed by atoms with van der Waals surface area (Å²) in [5.74, 6) is -0.200. The zero-order valence-corrected chi connectivity index (χ0v) is 12.1. The molecule has 0 bridgehead atoms. The normalized spacial score (nSPS) is 13.2. The summed E-state index contributed by atoms with van der Waals surface area (Å²) in [5.41, 5.74) is 4.85. The highest BCUT2D eigenvalue weighted by Gasteiger charge is 2.27. The Kier molecular flexibility index (Phi) is 3.75. The molecule has 0 atom stereocenters. The molecular formula is C16H19N3O2. The molecule has 0 spiro atoms. The van der Waals surface area contributed by atoms with E-state index in [1.807, 2.05) is 35.9 Å². The number of nitrogens with one attached hydrogen (secondary N) is 1. The molecule has 1 heterocycles. The topological polar surface area (TPSA) is 67.2 Å². The molecule has 3 rings (SSSR count). The van der Waals surface area contributed by atoms with Crippen molar-refractivity contribution >= 4 is 5.91 Å². The summed E-state index contributed by atoms with van der Waals surface area (Å²) in [4.78, 5) is 12.2. The zero-order valence-electron chi connectivity index (χ0n) is 12.1. The van der Waals surface area contributed by atoms with Crippen molar-refractivity contribution in [3.63, 3.8) is 0 Å². The SMILES string of the molecule is Cc1ccccc1-n1nc(C(=O)NCCO)c2c1CCC2. The predicted octanol–water partition coefficient (Wildman–Crippen LogP) is 1.39. The van der Waals surface area contributed by atoms with Crippen molar-refractivity contribution < 1.29 is 9.90 Å². The second-order valence-corrected chi connectivity index (χ2v) is 5.31. The number of nitrogens with zero attached hydrogens (tertiary/aromatic N) is 2. The third-order valence-corrected chi connectivity index (χ3v) is 3.89. The number of aliphatic hydroxyl groups is 1. The molecule has 0 saturated carbocycles. The second-order valence-electron chi connectivity index (χ2n) is 5.31. The van der Waals surface area contributed by atoms with Gasteiger partial charge in [0.2, 0.25) is 0 Å². The van der Waals surface area contributed by atoms with Crippen molar-refractivity contribution in [2.24, 2.45) is 0 Å². The van der Waals surface area contributed by atoms with Crippen molar-refractivity contribution in [1.82, 2.24) is 15.1 Å². The number of aryl methyl sites for hydroxylation is 1. The molecule has 5 nitrogen and oxygen atoms in total. The fraction of sp³-hybridized carbons (Fsp3) is 0.375. The van der Waals surface area contributed by atoms with E-state index in [0.29, 0.717) is 5.69 Å². The number of para-hydroxylation sites is 1. The third-order valence-electron chi connectivity index (χ3n) is 3.89. The van der Waals surface area contributed by atoms with Gasteiger partial charge in [0.05, 0.1) is 12.3 Å². The van der Waals surface area contributed by atoms with E-state index in [2.05, 4.69) is 10.4 Å². The summed E-state index contributed by atoms with van der Waals surface area (Å²) in [6.45, 7) is 2.24. The maximum atomic E-state index is 12.2. The molecule has 1 amide bonds. The molecule has 110 valence electrons. The summed E-state index contributed by atoms with van der Waals surface area (Å²) in [7, 11) is 0. The Bertz CT molecular complexity index is 676. The van der Waals surface area contributed by atoms with Crippen LogP contribution in [0.15, 0.2) is 24.3 Å². The van der Waals surface area contributed by atoms with Gasteiger partial charge in [0, 0.05) is 17.8 Å². The van der Waals surface area contributed by atoms with Gasteiger partial charge in [0.25, 0.3) is 5.91 Å².